The minimum absolute atomic E-state index is 0.0544. The Bertz CT molecular complexity index is 733. The normalized spacial score (nSPS) is 18.4. The highest BCUT2D eigenvalue weighted by Crippen LogP contribution is 2.26. The van der Waals surface area contributed by atoms with Crippen molar-refractivity contribution < 1.29 is 13.6 Å². The number of piperazine rings is 1. The van der Waals surface area contributed by atoms with Gasteiger partial charge in [-0.3, -0.25) is 9.69 Å². The van der Waals surface area contributed by atoms with Crippen LogP contribution in [0.2, 0.25) is 0 Å². The van der Waals surface area contributed by atoms with E-state index in [0.717, 1.165) is 5.56 Å². The molecule has 0 saturated carbocycles. The topological polar surface area (TPSA) is 23.6 Å². The third kappa shape index (κ3) is 4.23. The molecule has 3 rings (SSSR count). The SMILES string of the molecule is CN1CCN(C(=O)CCc2ccc(F)cc2)CC1c1ccccc1F. The second-order valence-corrected chi connectivity index (χ2v) is 6.48. The lowest BCUT2D eigenvalue weighted by Gasteiger charge is -2.40. The molecule has 0 bridgehead atoms. The maximum Gasteiger partial charge on any atom is 0.223 e. The van der Waals surface area contributed by atoms with Crippen LogP contribution < -0.4 is 0 Å². The number of hydrogen-bond acceptors (Lipinski definition) is 2. The molecule has 2 aromatic rings. The standard InChI is InChI=1S/C20H22F2N2O/c1-23-12-13-24(14-19(23)17-4-2-3-5-18(17)22)20(25)11-8-15-6-9-16(21)10-7-15/h2-7,9-10,19H,8,11-14H2,1H3. The number of amides is 1. The molecule has 1 heterocycles. The summed E-state index contributed by atoms with van der Waals surface area (Å²) < 4.78 is 27.1. The first-order chi connectivity index (χ1) is 12.0. The number of halogens is 2. The molecule has 0 radical (unpaired) electrons. The van der Waals surface area contributed by atoms with E-state index in [9.17, 15) is 13.6 Å². The van der Waals surface area contributed by atoms with E-state index in [2.05, 4.69) is 4.90 Å². The summed E-state index contributed by atoms with van der Waals surface area (Å²) in [5, 5.41) is 0. The number of hydrogen-bond donors (Lipinski definition) is 0. The van der Waals surface area contributed by atoms with Gasteiger partial charge in [0, 0.05) is 31.6 Å². The molecule has 0 aliphatic carbocycles. The number of benzene rings is 2. The number of rotatable bonds is 4. The van der Waals surface area contributed by atoms with Gasteiger partial charge >= 0.3 is 0 Å². The highest BCUT2D eigenvalue weighted by atomic mass is 19.1. The van der Waals surface area contributed by atoms with E-state index < -0.39 is 0 Å². The molecule has 0 N–H and O–H groups in total. The third-order valence-corrected chi connectivity index (χ3v) is 4.81. The zero-order chi connectivity index (χ0) is 17.8. The van der Waals surface area contributed by atoms with Crippen molar-refractivity contribution in [1.29, 1.82) is 0 Å². The molecule has 2 aromatic carbocycles. The van der Waals surface area contributed by atoms with Gasteiger partial charge < -0.3 is 4.90 Å². The van der Waals surface area contributed by atoms with E-state index in [4.69, 9.17) is 0 Å². The summed E-state index contributed by atoms with van der Waals surface area (Å²) in [6, 6.07) is 12.8. The summed E-state index contributed by atoms with van der Waals surface area (Å²) in [5.41, 5.74) is 1.57. The minimum atomic E-state index is -0.276. The van der Waals surface area contributed by atoms with Crippen molar-refractivity contribution in [3.8, 4) is 0 Å². The fourth-order valence-electron chi connectivity index (χ4n) is 3.24. The Labute approximate surface area is 146 Å². The highest BCUT2D eigenvalue weighted by molar-refractivity contribution is 5.76. The number of carbonyl (C=O) groups excluding carboxylic acids is 1. The molecule has 3 nitrogen and oxygen atoms in total. The smallest absolute Gasteiger partial charge is 0.223 e. The van der Waals surface area contributed by atoms with Gasteiger partial charge in [0.05, 0.1) is 6.04 Å². The minimum Gasteiger partial charge on any atom is -0.339 e. The largest absolute Gasteiger partial charge is 0.339 e. The van der Waals surface area contributed by atoms with E-state index in [1.165, 1.54) is 18.2 Å². The zero-order valence-corrected chi connectivity index (χ0v) is 14.3. The first-order valence-electron chi connectivity index (χ1n) is 8.51. The van der Waals surface area contributed by atoms with Crippen LogP contribution in [0.25, 0.3) is 0 Å². The molecular formula is C20H22F2N2O. The average Bonchev–Trinajstić information content (AvgIpc) is 2.62. The summed E-state index contributed by atoms with van der Waals surface area (Å²) in [5.74, 6) is -0.458. The molecular weight excluding hydrogens is 322 g/mol. The summed E-state index contributed by atoms with van der Waals surface area (Å²) in [6.45, 7) is 1.84. The van der Waals surface area contributed by atoms with Gasteiger partial charge in [0.2, 0.25) is 5.91 Å². The van der Waals surface area contributed by atoms with E-state index in [1.54, 1.807) is 29.2 Å². The monoisotopic (exact) mass is 344 g/mol. The maximum atomic E-state index is 14.1. The average molecular weight is 344 g/mol. The van der Waals surface area contributed by atoms with Crippen molar-refractivity contribution in [2.45, 2.75) is 18.9 Å². The van der Waals surface area contributed by atoms with Crippen molar-refractivity contribution in [3.63, 3.8) is 0 Å². The van der Waals surface area contributed by atoms with Crippen molar-refractivity contribution in [2.24, 2.45) is 0 Å². The Morgan fingerprint density at radius 2 is 1.80 bits per heavy atom. The van der Waals surface area contributed by atoms with Crippen LogP contribution in [0.5, 0.6) is 0 Å². The van der Waals surface area contributed by atoms with E-state index >= 15 is 0 Å². The highest BCUT2D eigenvalue weighted by Gasteiger charge is 2.29. The molecule has 1 aliphatic heterocycles. The van der Waals surface area contributed by atoms with Crippen LogP contribution in [0.4, 0.5) is 8.78 Å². The molecule has 1 atom stereocenters. The Morgan fingerprint density at radius 3 is 2.52 bits per heavy atom. The van der Waals surface area contributed by atoms with Crippen LogP contribution in [0.1, 0.15) is 23.6 Å². The molecule has 5 heteroatoms. The molecule has 0 aromatic heterocycles. The van der Waals surface area contributed by atoms with Gasteiger partial charge in [-0.1, -0.05) is 30.3 Å². The summed E-state index contributed by atoms with van der Waals surface area (Å²) >= 11 is 0. The predicted octanol–water partition coefficient (Wildman–Crippen LogP) is 3.41. The van der Waals surface area contributed by atoms with Gasteiger partial charge in [0.15, 0.2) is 0 Å². The van der Waals surface area contributed by atoms with Crippen molar-refractivity contribution in [1.82, 2.24) is 9.80 Å². The van der Waals surface area contributed by atoms with Crippen molar-refractivity contribution in [3.05, 3.63) is 71.3 Å². The Balaban J connectivity index is 1.63. The molecule has 0 spiro atoms. The van der Waals surface area contributed by atoms with Gasteiger partial charge in [-0.25, -0.2) is 8.78 Å². The second-order valence-electron chi connectivity index (χ2n) is 6.48. The first kappa shape index (κ1) is 17.5. The molecule has 132 valence electrons. The number of carbonyl (C=O) groups is 1. The fourth-order valence-corrected chi connectivity index (χ4v) is 3.24. The first-order valence-corrected chi connectivity index (χ1v) is 8.51. The van der Waals surface area contributed by atoms with Crippen molar-refractivity contribution >= 4 is 5.91 Å². The lowest BCUT2D eigenvalue weighted by molar-refractivity contribution is -0.134. The lowest BCUT2D eigenvalue weighted by atomic mass is 10.0. The summed E-state index contributed by atoms with van der Waals surface area (Å²) in [7, 11) is 1.96. The van der Waals surface area contributed by atoms with Gasteiger partial charge in [0.1, 0.15) is 11.6 Å². The Morgan fingerprint density at radius 1 is 1.08 bits per heavy atom. The fraction of sp³-hybridized carbons (Fsp3) is 0.350. The predicted molar refractivity (Wildman–Crippen MR) is 93.1 cm³/mol. The second kappa shape index (κ2) is 7.74. The van der Waals surface area contributed by atoms with Crippen LogP contribution in [0.15, 0.2) is 48.5 Å². The van der Waals surface area contributed by atoms with Gasteiger partial charge in [0.25, 0.3) is 0 Å². The van der Waals surface area contributed by atoms with Gasteiger partial charge in [-0.15, -0.1) is 0 Å². The Kier molecular flexibility index (Phi) is 5.43. The number of likely N-dealkylation sites (N-methyl/N-ethyl adjacent to an activating group) is 1. The van der Waals surface area contributed by atoms with Gasteiger partial charge in [-0.2, -0.15) is 0 Å². The molecule has 25 heavy (non-hydrogen) atoms. The van der Waals surface area contributed by atoms with Crippen LogP contribution in [0, 0.1) is 11.6 Å². The van der Waals surface area contributed by atoms with E-state index in [0.29, 0.717) is 38.0 Å². The molecule has 1 saturated heterocycles. The number of nitrogens with zero attached hydrogens (tertiary/aromatic N) is 2. The molecule has 1 fully saturated rings. The van der Waals surface area contributed by atoms with Crippen molar-refractivity contribution in [2.75, 3.05) is 26.7 Å². The summed E-state index contributed by atoms with van der Waals surface area (Å²) in [6.07, 6.45) is 0.954. The number of aryl methyl sites for hydroxylation is 1. The van der Waals surface area contributed by atoms with Crippen LogP contribution in [-0.4, -0.2) is 42.4 Å². The van der Waals surface area contributed by atoms with Crippen LogP contribution in [0.3, 0.4) is 0 Å². The van der Waals surface area contributed by atoms with Crippen LogP contribution >= 0.6 is 0 Å². The quantitative estimate of drug-likeness (QED) is 0.849. The lowest BCUT2D eigenvalue weighted by Crippen LogP contribution is -2.49. The van der Waals surface area contributed by atoms with Gasteiger partial charge in [-0.05, 0) is 37.2 Å². The third-order valence-electron chi connectivity index (χ3n) is 4.81. The van der Waals surface area contributed by atoms with E-state index in [1.807, 2.05) is 13.1 Å². The molecule has 1 amide bonds. The van der Waals surface area contributed by atoms with E-state index in [-0.39, 0.29) is 23.6 Å². The zero-order valence-electron chi connectivity index (χ0n) is 14.3. The Hall–Kier alpha value is -2.27. The maximum absolute atomic E-state index is 14.1. The molecule has 1 unspecified atom stereocenters. The molecule has 1 aliphatic rings. The summed E-state index contributed by atoms with van der Waals surface area (Å²) in [4.78, 5) is 16.4. The van der Waals surface area contributed by atoms with Crippen LogP contribution in [-0.2, 0) is 11.2 Å².